The highest BCUT2D eigenvalue weighted by atomic mass is 79.9. The Kier molecular flexibility index (Phi) is 5.90. The minimum Gasteiger partial charge on any atom is -0.313 e. The molecule has 3 unspecified atom stereocenters. The predicted octanol–water partition coefficient (Wildman–Crippen LogP) is 4.80. The number of hydrogen-bond donors (Lipinski definition) is 1. The van der Waals surface area contributed by atoms with Crippen molar-refractivity contribution in [2.75, 3.05) is 6.54 Å². The van der Waals surface area contributed by atoms with E-state index in [1.54, 1.807) is 0 Å². The Morgan fingerprint density at radius 2 is 2.11 bits per heavy atom. The fraction of sp³-hybridized carbons (Fsp3) is 0.647. The second-order valence-corrected chi connectivity index (χ2v) is 6.78. The average Bonchev–Trinajstić information content (AvgIpc) is 2.83. The highest BCUT2D eigenvalue weighted by molar-refractivity contribution is 9.10. The molecule has 1 aromatic rings. The Bertz CT molecular complexity index is 391. The fourth-order valence-corrected chi connectivity index (χ4v) is 3.82. The maximum absolute atomic E-state index is 3.80. The van der Waals surface area contributed by atoms with Crippen LogP contribution in [-0.4, -0.2) is 12.6 Å². The van der Waals surface area contributed by atoms with Gasteiger partial charge in [-0.1, -0.05) is 60.8 Å². The Labute approximate surface area is 126 Å². The summed E-state index contributed by atoms with van der Waals surface area (Å²) in [7, 11) is 0. The molecule has 1 aliphatic rings. The van der Waals surface area contributed by atoms with Crippen LogP contribution in [0.5, 0.6) is 0 Å². The maximum atomic E-state index is 3.80. The molecule has 0 aliphatic heterocycles. The molecule has 2 rings (SSSR count). The SMILES string of the molecule is CCCNC(Cc1ccccc1Br)C1CCCC1C. The molecule has 1 fully saturated rings. The molecule has 1 aromatic carbocycles. The van der Waals surface area contributed by atoms with Gasteiger partial charge in [-0.3, -0.25) is 0 Å². The van der Waals surface area contributed by atoms with E-state index < -0.39 is 0 Å². The van der Waals surface area contributed by atoms with Crippen LogP contribution in [0.1, 0.15) is 45.1 Å². The van der Waals surface area contributed by atoms with Crippen LogP contribution in [0.25, 0.3) is 0 Å². The normalized spacial score (nSPS) is 24.6. The number of hydrogen-bond acceptors (Lipinski definition) is 1. The zero-order valence-electron chi connectivity index (χ0n) is 12.2. The first kappa shape index (κ1) is 15.1. The molecule has 0 aromatic heterocycles. The third-order valence-corrected chi connectivity index (χ3v) is 5.27. The number of nitrogens with one attached hydrogen (secondary N) is 1. The van der Waals surface area contributed by atoms with Gasteiger partial charge < -0.3 is 5.32 Å². The summed E-state index contributed by atoms with van der Waals surface area (Å²) < 4.78 is 1.25. The van der Waals surface area contributed by atoms with Crippen molar-refractivity contribution in [2.45, 2.75) is 52.0 Å². The van der Waals surface area contributed by atoms with Gasteiger partial charge in [-0.2, -0.15) is 0 Å². The number of benzene rings is 1. The van der Waals surface area contributed by atoms with Crippen LogP contribution < -0.4 is 5.32 Å². The Morgan fingerprint density at radius 1 is 1.32 bits per heavy atom. The number of rotatable bonds is 6. The van der Waals surface area contributed by atoms with Gasteiger partial charge in [-0.25, -0.2) is 0 Å². The molecule has 2 heteroatoms. The molecule has 1 aliphatic carbocycles. The predicted molar refractivity (Wildman–Crippen MR) is 86.4 cm³/mol. The summed E-state index contributed by atoms with van der Waals surface area (Å²) in [4.78, 5) is 0. The molecule has 106 valence electrons. The maximum Gasteiger partial charge on any atom is 0.0207 e. The van der Waals surface area contributed by atoms with Crippen LogP contribution in [0.2, 0.25) is 0 Å². The lowest BCUT2D eigenvalue weighted by Gasteiger charge is -2.28. The summed E-state index contributed by atoms with van der Waals surface area (Å²) in [5.74, 6) is 1.72. The molecule has 3 atom stereocenters. The largest absolute Gasteiger partial charge is 0.313 e. The van der Waals surface area contributed by atoms with Crippen molar-refractivity contribution in [2.24, 2.45) is 11.8 Å². The average molecular weight is 324 g/mol. The summed E-state index contributed by atoms with van der Waals surface area (Å²) >= 11 is 3.69. The van der Waals surface area contributed by atoms with Crippen LogP contribution in [0.4, 0.5) is 0 Å². The van der Waals surface area contributed by atoms with Crippen molar-refractivity contribution in [3.8, 4) is 0 Å². The molecular weight excluding hydrogens is 298 g/mol. The molecule has 1 N–H and O–H groups in total. The van der Waals surface area contributed by atoms with E-state index in [1.165, 1.54) is 35.7 Å². The zero-order valence-corrected chi connectivity index (χ0v) is 13.7. The summed E-state index contributed by atoms with van der Waals surface area (Å²) in [5.41, 5.74) is 1.44. The fourth-order valence-electron chi connectivity index (χ4n) is 3.38. The molecule has 0 radical (unpaired) electrons. The summed E-state index contributed by atoms with van der Waals surface area (Å²) in [6.45, 7) is 5.82. The highest BCUT2D eigenvalue weighted by Crippen LogP contribution is 2.35. The Balaban J connectivity index is 2.07. The molecule has 0 bridgehead atoms. The first-order chi connectivity index (χ1) is 9.22. The second kappa shape index (κ2) is 7.44. The molecule has 0 saturated heterocycles. The second-order valence-electron chi connectivity index (χ2n) is 5.93. The smallest absolute Gasteiger partial charge is 0.0207 e. The van der Waals surface area contributed by atoms with Gasteiger partial charge in [-0.05, 0) is 49.3 Å². The van der Waals surface area contributed by atoms with E-state index >= 15 is 0 Å². The van der Waals surface area contributed by atoms with Crippen molar-refractivity contribution >= 4 is 15.9 Å². The molecule has 0 heterocycles. The van der Waals surface area contributed by atoms with Crippen molar-refractivity contribution in [1.29, 1.82) is 0 Å². The third-order valence-electron chi connectivity index (χ3n) is 4.50. The summed E-state index contributed by atoms with van der Waals surface area (Å²) in [6, 6.07) is 9.29. The minimum absolute atomic E-state index is 0.635. The van der Waals surface area contributed by atoms with Crippen molar-refractivity contribution in [3.05, 3.63) is 34.3 Å². The van der Waals surface area contributed by atoms with E-state index in [0.29, 0.717) is 6.04 Å². The van der Waals surface area contributed by atoms with Crippen LogP contribution in [-0.2, 0) is 6.42 Å². The topological polar surface area (TPSA) is 12.0 Å². The van der Waals surface area contributed by atoms with Crippen LogP contribution in [0, 0.1) is 11.8 Å². The molecule has 1 saturated carbocycles. The monoisotopic (exact) mass is 323 g/mol. The molecule has 19 heavy (non-hydrogen) atoms. The van der Waals surface area contributed by atoms with E-state index in [4.69, 9.17) is 0 Å². The minimum atomic E-state index is 0.635. The molecular formula is C17H26BrN. The van der Waals surface area contributed by atoms with Crippen LogP contribution in [0.15, 0.2) is 28.7 Å². The van der Waals surface area contributed by atoms with Crippen molar-refractivity contribution in [1.82, 2.24) is 5.32 Å². The first-order valence-corrected chi connectivity index (χ1v) is 8.48. The lowest BCUT2D eigenvalue weighted by Crippen LogP contribution is -2.39. The van der Waals surface area contributed by atoms with Gasteiger partial charge >= 0.3 is 0 Å². The van der Waals surface area contributed by atoms with Crippen molar-refractivity contribution < 1.29 is 0 Å². The summed E-state index contributed by atoms with van der Waals surface area (Å²) in [5, 5.41) is 3.80. The highest BCUT2D eigenvalue weighted by Gasteiger charge is 2.30. The van der Waals surface area contributed by atoms with Gasteiger partial charge in [-0.15, -0.1) is 0 Å². The quantitative estimate of drug-likeness (QED) is 0.793. The lowest BCUT2D eigenvalue weighted by molar-refractivity contribution is 0.295. The van der Waals surface area contributed by atoms with Crippen LogP contribution in [0.3, 0.4) is 0 Å². The molecule has 1 nitrogen and oxygen atoms in total. The van der Waals surface area contributed by atoms with E-state index in [1.807, 2.05) is 0 Å². The van der Waals surface area contributed by atoms with Gasteiger partial charge in [0.05, 0.1) is 0 Å². The van der Waals surface area contributed by atoms with E-state index in [0.717, 1.165) is 24.8 Å². The summed E-state index contributed by atoms with van der Waals surface area (Å²) in [6.07, 6.45) is 6.58. The van der Waals surface area contributed by atoms with E-state index in [2.05, 4.69) is 59.4 Å². The standard InChI is InChI=1S/C17H26BrN/c1-3-11-19-17(15-9-6-7-13(15)2)12-14-8-4-5-10-16(14)18/h4-5,8,10,13,15,17,19H,3,6-7,9,11-12H2,1-2H3. The van der Waals surface area contributed by atoms with Gasteiger partial charge in [0, 0.05) is 10.5 Å². The van der Waals surface area contributed by atoms with Gasteiger partial charge in [0.2, 0.25) is 0 Å². The first-order valence-electron chi connectivity index (χ1n) is 7.69. The molecule has 0 spiro atoms. The van der Waals surface area contributed by atoms with Crippen LogP contribution >= 0.6 is 15.9 Å². The molecule has 0 amide bonds. The lowest BCUT2D eigenvalue weighted by atomic mass is 9.86. The van der Waals surface area contributed by atoms with Gasteiger partial charge in [0.25, 0.3) is 0 Å². The Hall–Kier alpha value is -0.340. The third kappa shape index (κ3) is 4.06. The van der Waals surface area contributed by atoms with E-state index in [9.17, 15) is 0 Å². The van der Waals surface area contributed by atoms with Gasteiger partial charge in [0.15, 0.2) is 0 Å². The number of halogens is 1. The van der Waals surface area contributed by atoms with Crippen molar-refractivity contribution in [3.63, 3.8) is 0 Å². The Morgan fingerprint density at radius 3 is 2.74 bits per heavy atom. The van der Waals surface area contributed by atoms with E-state index in [-0.39, 0.29) is 0 Å². The zero-order chi connectivity index (χ0) is 13.7. The van der Waals surface area contributed by atoms with Gasteiger partial charge in [0.1, 0.15) is 0 Å².